The van der Waals surface area contributed by atoms with Gasteiger partial charge in [0.2, 0.25) is 0 Å². The van der Waals surface area contributed by atoms with Crippen molar-refractivity contribution in [3.8, 4) is 23.0 Å². The Morgan fingerprint density at radius 1 is 1.21 bits per heavy atom. The fourth-order valence-electron chi connectivity index (χ4n) is 4.35. The molecule has 0 fully saturated rings. The van der Waals surface area contributed by atoms with Crippen LogP contribution in [0.5, 0.6) is 23.0 Å². The van der Waals surface area contributed by atoms with Crippen LogP contribution in [0.4, 0.5) is 0 Å². The highest BCUT2D eigenvalue weighted by atomic mass is 16.5. The van der Waals surface area contributed by atoms with Gasteiger partial charge < -0.3 is 24.2 Å². The van der Waals surface area contributed by atoms with Gasteiger partial charge in [-0.15, -0.1) is 0 Å². The molecule has 5 rings (SSSR count). The van der Waals surface area contributed by atoms with E-state index in [-0.39, 0.29) is 17.6 Å². The first-order valence-electron chi connectivity index (χ1n) is 9.67. The lowest BCUT2D eigenvalue weighted by molar-refractivity contribution is 0.0953. The number of aryl methyl sites for hydroxylation is 1. The highest BCUT2D eigenvalue weighted by molar-refractivity contribution is 6.09. The number of rotatable bonds is 1. The van der Waals surface area contributed by atoms with E-state index in [0.29, 0.717) is 18.1 Å². The molecule has 0 unspecified atom stereocenters. The molecule has 150 valence electrons. The van der Waals surface area contributed by atoms with Crippen LogP contribution in [-0.2, 0) is 0 Å². The number of methoxy groups -OCH3 is 1. The molecule has 2 aromatic rings. The second kappa shape index (κ2) is 6.17. The Balaban J connectivity index is 1.66. The minimum absolute atomic E-state index is 0.256. The fraction of sp³-hybridized carbons (Fsp3) is 0.348. The summed E-state index contributed by atoms with van der Waals surface area (Å²) in [6.07, 6.45) is 3.70. The molecule has 0 spiro atoms. The van der Waals surface area contributed by atoms with Crippen molar-refractivity contribution in [1.82, 2.24) is 0 Å². The monoisotopic (exact) mass is 393 g/mol. The lowest BCUT2D eigenvalue weighted by Gasteiger charge is -2.40. The third-order valence-corrected chi connectivity index (χ3v) is 5.77. The molecule has 2 atom stereocenters. The number of oxime groups is 1. The van der Waals surface area contributed by atoms with Crippen LogP contribution >= 0.6 is 0 Å². The number of ether oxygens (including phenoxy) is 4. The zero-order chi connectivity index (χ0) is 20.3. The molecule has 0 aromatic heterocycles. The van der Waals surface area contributed by atoms with E-state index < -0.39 is 0 Å². The molecule has 0 saturated carbocycles. The molecule has 6 heteroatoms. The van der Waals surface area contributed by atoms with Crippen molar-refractivity contribution in [2.24, 2.45) is 5.16 Å². The molecule has 2 aromatic carbocycles. The molecule has 3 aliphatic rings. The molecule has 3 heterocycles. The van der Waals surface area contributed by atoms with Gasteiger partial charge in [-0.1, -0.05) is 5.16 Å². The van der Waals surface area contributed by atoms with Gasteiger partial charge in [-0.3, -0.25) is 0 Å². The average molecular weight is 393 g/mol. The predicted molar refractivity (Wildman–Crippen MR) is 109 cm³/mol. The van der Waals surface area contributed by atoms with E-state index in [9.17, 15) is 5.21 Å². The molecule has 0 bridgehead atoms. The Kier molecular flexibility index (Phi) is 3.81. The van der Waals surface area contributed by atoms with E-state index in [1.165, 1.54) is 0 Å². The van der Waals surface area contributed by atoms with Gasteiger partial charge in [0.1, 0.15) is 47.0 Å². The van der Waals surface area contributed by atoms with Crippen LogP contribution in [0.3, 0.4) is 0 Å². The molecule has 0 radical (unpaired) electrons. The summed E-state index contributed by atoms with van der Waals surface area (Å²) in [5, 5.41) is 13.7. The van der Waals surface area contributed by atoms with E-state index in [0.717, 1.165) is 39.5 Å². The highest BCUT2D eigenvalue weighted by Gasteiger charge is 2.44. The standard InChI is InChI=1S/C23H23NO5/c1-12-9-18-15(10-17(12)26-4)20-19(11-27-18)28-22-13-7-8-23(2,3)29-16(13)6-5-14(22)21(20)24-25/h5-10,19-20,25H,11H2,1-4H3/b24-21+/t19-,20+/m1/s1. The van der Waals surface area contributed by atoms with E-state index in [1.54, 1.807) is 7.11 Å². The quantitative estimate of drug-likeness (QED) is 0.578. The fourth-order valence-corrected chi connectivity index (χ4v) is 4.35. The van der Waals surface area contributed by atoms with Crippen LogP contribution < -0.4 is 18.9 Å². The van der Waals surface area contributed by atoms with Crippen LogP contribution in [0.1, 0.15) is 42.0 Å². The normalized spacial score (nSPS) is 24.2. The Labute approximate surface area is 169 Å². The summed E-state index contributed by atoms with van der Waals surface area (Å²) in [5.74, 6) is 2.69. The first-order chi connectivity index (χ1) is 13.9. The smallest absolute Gasteiger partial charge is 0.145 e. The maximum Gasteiger partial charge on any atom is 0.145 e. The van der Waals surface area contributed by atoms with Crippen molar-refractivity contribution < 1.29 is 24.2 Å². The zero-order valence-corrected chi connectivity index (χ0v) is 16.9. The summed E-state index contributed by atoms with van der Waals surface area (Å²) >= 11 is 0. The van der Waals surface area contributed by atoms with E-state index in [1.807, 2.05) is 57.2 Å². The van der Waals surface area contributed by atoms with Crippen molar-refractivity contribution in [2.45, 2.75) is 38.4 Å². The van der Waals surface area contributed by atoms with Crippen molar-refractivity contribution in [3.05, 3.63) is 52.6 Å². The largest absolute Gasteiger partial charge is 0.496 e. The number of hydrogen-bond acceptors (Lipinski definition) is 6. The summed E-state index contributed by atoms with van der Waals surface area (Å²) in [6.45, 7) is 6.35. The van der Waals surface area contributed by atoms with Crippen molar-refractivity contribution in [2.75, 3.05) is 13.7 Å². The van der Waals surface area contributed by atoms with Gasteiger partial charge in [-0.25, -0.2) is 0 Å². The van der Waals surface area contributed by atoms with Crippen LogP contribution in [0.2, 0.25) is 0 Å². The Morgan fingerprint density at radius 2 is 2.03 bits per heavy atom. The third kappa shape index (κ3) is 2.66. The molecule has 0 saturated heterocycles. The van der Waals surface area contributed by atoms with Gasteiger partial charge in [-0.2, -0.15) is 0 Å². The van der Waals surface area contributed by atoms with E-state index in [2.05, 4.69) is 5.16 Å². The molecule has 6 nitrogen and oxygen atoms in total. The number of nitrogens with zero attached hydrogens (tertiary/aromatic N) is 1. The molecule has 1 N–H and O–H groups in total. The van der Waals surface area contributed by atoms with Crippen molar-refractivity contribution in [1.29, 1.82) is 0 Å². The van der Waals surface area contributed by atoms with Crippen LogP contribution in [-0.4, -0.2) is 36.3 Å². The Morgan fingerprint density at radius 3 is 2.79 bits per heavy atom. The predicted octanol–water partition coefficient (Wildman–Crippen LogP) is 4.30. The van der Waals surface area contributed by atoms with Crippen LogP contribution in [0, 0.1) is 6.92 Å². The van der Waals surface area contributed by atoms with E-state index >= 15 is 0 Å². The van der Waals surface area contributed by atoms with Gasteiger partial charge >= 0.3 is 0 Å². The lowest BCUT2D eigenvalue weighted by atomic mass is 9.80. The molecular formula is C23H23NO5. The van der Waals surface area contributed by atoms with Crippen molar-refractivity contribution in [3.63, 3.8) is 0 Å². The molecule has 3 aliphatic heterocycles. The van der Waals surface area contributed by atoms with Gasteiger partial charge in [0.05, 0.1) is 18.6 Å². The van der Waals surface area contributed by atoms with Crippen molar-refractivity contribution >= 4 is 11.8 Å². The maximum atomic E-state index is 9.98. The second-order valence-corrected chi connectivity index (χ2v) is 8.18. The molecular weight excluding hydrogens is 370 g/mol. The minimum atomic E-state index is -0.381. The lowest BCUT2D eigenvalue weighted by Crippen LogP contribution is -2.43. The maximum absolute atomic E-state index is 9.98. The molecule has 29 heavy (non-hydrogen) atoms. The topological polar surface area (TPSA) is 69.5 Å². The first kappa shape index (κ1) is 17.9. The number of hydrogen-bond donors (Lipinski definition) is 1. The van der Waals surface area contributed by atoms with E-state index in [4.69, 9.17) is 18.9 Å². The SMILES string of the molecule is COc1cc2c(cc1C)OC[C@H]1Oc3c(ccc4c3C=CC(C)(C)O4)/C(=N\O)[C@@H]21. The van der Waals surface area contributed by atoms with Gasteiger partial charge in [0.25, 0.3) is 0 Å². The highest BCUT2D eigenvalue weighted by Crippen LogP contribution is 2.48. The Bertz CT molecular complexity index is 1070. The van der Waals surface area contributed by atoms with Crippen LogP contribution in [0.15, 0.2) is 35.5 Å². The third-order valence-electron chi connectivity index (χ3n) is 5.77. The van der Waals surface area contributed by atoms with Gasteiger partial charge in [0, 0.05) is 11.1 Å². The summed E-state index contributed by atoms with van der Waals surface area (Å²) < 4.78 is 24.0. The first-order valence-corrected chi connectivity index (χ1v) is 9.67. The summed E-state index contributed by atoms with van der Waals surface area (Å²) in [4.78, 5) is 0. The second-order valence-electron chi connectivity index (χ2n) is 8.18. The minimum Gasteiger partial charge on any atom is -0.496 e. The number of benzene rings is 2. The van der Waals surface area contributed by atoms with Gasteiger partial charge in [0.15, 0.2) is 0 Å². The Hall–Kier alpha value is -3.15. The van der Waals surface area contributed by atoms with Crippen LogP contribution in [0.25, 0.3) is 6.08 Å². The summed E-state index contributed by atoms with van der Waals surface area (Å²) in [6, 6.07) is 7.71. The zero-order valence-electron chi connectivity index (χ0n) is 16.9. The summed E-state index contributed by atoms with van der Waals surface area (Å²) in [5.41, 5.74) is 3.68. The molecule has 0 amide bonds. The summed E-state index contributed by atoms with van der Waals surface area (Å²) in [7, 11) is 1.64. The average Bonchev–Trinajstić information content (AvgIpc) is 2.70. The molecule has 0 aliphatic carbocycles. The number of fused-ring (bicyclic) bond motifs is 6. The van der Waals surface area contributed by atoms with Gasteiger partial charge in [-0.05, 0) is 62.8 Å².